The van der Waals surface area contributed by atoms with Crippen LogP contribution < -0.4 is 9.64 Å². The van der Waals surface area contributed by atoms with Gasteiger partial charge in [-0.05, 0) is 41.1 Å². The molecule has 0 bridgehead atoms. The largest absolute Gasteiger partial charge is 0.495 e. The molecule has 1 aromatic heterocycles. The molecule has 0 atom stereocenters. The Hall–Kier alpha value is -3.38. The van der Waals surface area contributed by atoms with Gasteiger partial charge < -0.3 is 9.64 Å². The topological polar surface area (TPSA) is 49.9 Å². The Morgan fingerprint density at radius 3 is 2.43 bits per heavy atom. The van der Waals surface area contributed by atoms with E-state index in [0.717, 1.165) is 11.3 Å². The lowest BCUT2D eigenvalue weighted by Crippen LogP contribution is -2.37. The summed E-state index contributed by atoms with van der Waals surface area (Å²) in [5, 5.41) is 1.93. The van der Waals surface area contributed by atoms with Crippen LogP contribution in [0.1, 0.15) is 16.0 Å². The van der Waals surface area contributed by atoms with Crippen LogP contribution >= 0.6 is 11.3 Å². The number of carbonyl (C=O) groups is 2. The fraction of sp³-hybridized carbons (Fsp3) is 0.167. The summed E-state index contributed by atoms with van der Waals surface area (Å²) in [6.07, 6.45) is 0.841. The normalized spacial score (nSPS) is 16.3. The first-order valence-electron chi connectivity index (χ1n) is 9.80. The second-order valence-corrected chi connectivity index (χ2v) is 8.21. The molecule has 2 aliphatic heterocycles. The van der Waals surface area contributed by atoms with E-state index >= 15 is 0 Å². The Balaban J connectivity index is 1.61. The maximum atomic E-state index is 13.7. The number of ether oxygens (including phenoxy) is 1. The molecule has 2 aliphatic rings. The van der Waals surface area contributed by atoms with Crippen molar-refractivity contribution in [2.45, 2.75) is 13.0 Å². The lowest BCUT2D eigenvalue weighted by atomic mass is 9.99. The zero-order valence-electron chi connectivity index (χ0n) is 16.5. The van der Waals surface area contributed by atoms with E-state index in [1.807, 2.05) is 40.6 Å². The quantitative estimate of drug-likeness (QED) is 0.601. The highest BCUT2D eigenvalue weighted by molar-refractivity contribution is 7.11. The van der Waals surface area contributed by atoms with Crippen LogP contribution in [0.2, 0.25) is 0 Å². The van der Waals surface area contributed by atoms with Gasteiger partial charge in [-0.3, -0.25) is 9.59 Å². The fourth-order valence-corrected chi connectivity index (χ4v) is 4.94. The second kappa shape index (κ2) is 7.46. The molecule has 0 unspecified atom stereocenters. The van der Waals surface area contributed by atoms with Gasteiger partial charge in [-0.2, -0.15) is 0 Å². The van der Waals surface area contributed by atoms with Gasteiger partial charge >= 0.3 is 0 Å². The van der Waals surface area contributed by atoms with Gasteiger partial charge in [0.15, 0.2) is 0 Å². The first-order valence-corrected chi connectivity index (χ1v) is 10.7. The first-order chi connectivity index (χ1) is 14.7. The number of thiophene rings is 1. The van der Waals surface area contributed by atoms with Crippen LogP contribution in [0.25, 0.3) is 5.57 Å². The summed E-state index contributed by atoms with van der Waals surface area (Å²) in [5.41, 5.74) is 3.91. The molecule has 0 N–H and O–H groups in total. The van der Waals surface area contributed by atoms with Crippen molar-refractivity contribution in [2.24, 2.45) is 0 Å². The van der Waals surface area contributed by atoms with Crippen LogP contribution in [0.4, 0.5) is 5.69 Å². The monoisotopic (exact) mass is 416 g/mol. The van der Waals surface area contributed by atoms with E-state index in [4.69, 9.17) is 4.74 Å². The summed E-state index contributed by atoms with van der Waals surface area (Å²) in [5.74, 6) is -0.108. The Morgan fingerprint density at radius 2 is 1.67 bits per heavy atom. The van der Waals surface area contributed by atoms with Crippen molar-refractivity contribution in [3.63, 3.8) is 0 Å². The third-order valence-corrected chi connectivity index (χ3v) is 6.49. The van der Waals surface area contributed by atoms with Crippen molar-refractivity contribution in [3.05, 3.63) is 87.7 Å². The molecular formula is C24H20N2O3S. The number of nitrogens with zero attached hydrogens (tertiary/aromatic N) is 2. The van der Waals surface area contributed by atoms with E-state index in [2.05, 4.69) is 12.1 Å². The van der Waals surface area contributed by atoms with Crippen molar-refractivity contribution in [3.8, 4) is 5.75 Å². The van der Waals surface area contributed by atoms with Gasteiger partial charge in [-0.15, -0.1) is 11.3 Å². The smallest absolute Gasteiger partial charge is 0.282 e. The highest BCUT2D eigenvalue weighted by Gasteiger charge is 2.44. The number of hydrogen-bond acceptors (Lipinski definition) is 5. The van der Waals surface area contributed by atoms with E-state index in [-0.39, 0.29) is 11.8 Å². The molecule has 0 aliphatic carbocycles. The predicted molar refractivity (Wildman–Crippen MR) is 117 cm³/mol. The summed E-state index contributed by atoms with van der Waals surface area (Å²) in [4.78, 5) is 31.3. The number of carbonyl (C=O) groups excluding carboxylic acids is 2. The zero-order chi connectivity index (χ0) is 20.7. The van der Waals surface area contributed by atoms with Crippen LogP contribution in [0.3, 0.4) is 0 Å². The summed E-state index contributed by atoms with van der Waals surface area (Å²) >= 11 is 1.47. The minimum absolute atomic E-state index is 0.299. The number of methoxy groups -OCH3 is 1. The van der Waals surface area contributed by atoms with Gasteiger partial charge in [-0.1, -0.05) is 42.5 Å². The Labute approximate surface area is 178 Å². The number of fused-ring (bicyclic) bond motifs is 1. The third-order valence-electron chi connectivity index (χ3n) is 5.60. The zero-order valence-corrected chi connectivity index (χ0v) is 17.3. The van der Waals surface area contributed by atoms with E-state index in [1.54, 1.807) is 25.3 Å². The minimum Gasteiger partial charge on any atom is -0.495 e. The maximum Gasteiger partial charge on any atom is 0.282 e. The number of rotatable bonds is 4. The molecule has 3 heterocycles. The van der Waals surface area contributed by atoms with Crippen molar-refractivity contribution in [1.29, 1.82) is 0 Å². The predicted octanol–water partition coefficient (Wildman–Crippen LogP) is 4.10. The van der Waals surface area contributed by atoms with Gasteiger partial charge in [0.1, 0.15) is 11.4 Å². The number of imide groups is 1. The number of benzene rings is 2. The van der Waals surface area contributed by atoms with Gasteiger partial charge in [0.05, 0.1) is 18.4 Å². The number of anilines is 1. The summed E-state index contributed by atoms with van der Waals surface area (Å²) in [6, 6.07) is 19.2. The van der Waals surface area contributed by atoms with Crippen LogP contribution in [0.15, 0.2) is 71.7 Å². The molecular weight excluding hydrogens is 396 g/mol. The summed E-state index contributed by atoms with van der Waals surface area (Å²) in [7, 11) is 1.54. The van der Waals surface area contributed by atoms with Crippen molar-refractivity contribution < 1.29 is 14.3 Å². The highest BCUT2D eigenvalue weighted by atomic mass is 32.1. The van der Waals surface area contributed by atoms with Gasteiger partial charge in [-0.25, -0.2) is 4.90 Å². The Bertz CT molecular complexity index is 1170. The lowest BCUT2D eigenvalue weighted by Gasteiger charge is -2.31. The van der Waals surface area contributed by atoms with Crippen molar-refractivity contribution in [1.82, 2.24) is 4.90 Å². The summed E-state index contributed by atoms with van der Waals surface area (Å²) < 4.78 is 5.43. The molecule has 2 amide bonds. The molecule has 0 spiro atoms. The summed E-state index contributed by atoms with van der Waals surface area (Å²) in [6.45, 7) is 1.30. The van der Waals surface area contributed by atoms with Gasteiger partial charge in [0.2, 0.25) is 0 Å². The molecule has 0 radical (unpaired) electrons. The molecule has 5 nitrogen and oxygen atoms in total. The number of amides is 2. The van der Waals surface area contributed by atoms with Gasteiger partial charge in [0.25, 0.3) is 11.8 Å². The van der Waals surface area contributed by atoms with Crippen molar-refractivity contribution in [2.75, 3.05) is 18.6 Å². The Kier molecular flexibility index (Phi) is 4.64. The highest BCUT2D eigenvalue weighted by Crippen LogP contribution is 2.40. The third kappa shape index (κ3) is 2.92. The second-order valence-electron chi connectivity index (χ2n) is 7.26. The average Bonchev–Trinajstić information content (AvgIpc) is 3.39. The van der Waals surface area contributed by atoms with E-state index < -0.39 is 0 Å². The molecule has 30 heavy (non-hydrogen) atoms. The minimum atomic E-state index is -0.305. The molecule has 0 saturated heterocycles. The van der Waals surface area contributed by atoms with Crippen LogP contribution in [0.5, 0.6) is 5.75 Å². The molecule has 150 valence electrons. The maximum absolute atomic E-state index is 13.7. The first kappa shape index (κ1) is 18.6. The van der Waals surface area contributed by atoms with Gasteiger partial charge in [0, 0.05) is 18.0 Å². The molecule has 5 rings (SSSR count). The van der Waals surface area contributed by atoms with Crippen molar-refractivity contribution >= 4 is 34.4 Å². The Morgan fingerprint density at radius 1 is 0.900 bits per heavy atom. The molecule has 0 saturated carbocycles. The molecule has 6 heteroatoms. The number of para-hydroxylation sites is 2. The van der Waals surface area contributed by atoms with Crippen LogP contribution in [0, 0.1) is 0 Å². The SMILES string of the molecule is COc1ccccc1N1C(=O)C(c2cccs2)=C(N2CCc3ccccc3C2)C1=O. The standard InChI is InChI=1S/C24H20N2O3S/c1-29-19-10-5-4-9-18(19)26-23(27)21(20-11-6-14-30-20)22(24(26)28)25-13-12-16-7-2-3-8-17(16)15-25/h2-11,14H,12-13,15H2,1H3. The molecule has 3 aromatic rings. The number of hydrogen-bond donors (Lipinski definition) is 0. The van der Waals surface area contributed by atoms with E-state index in [1.165, 1.54) is 27.4 Å². The molecule has 0 fully saturated rings. The van der Waals surface area contributed by atoms with E-state index in [9.17, 15) is 9.59 Å². The van der Waals surface area contributed by atoms with E-state index in [0.29, 0.717) is 35.8 Å². The average molecular weight is 417 g/mol. The van der Waals surface area contributed by atoms with Crippen LogP contribution in [-0.2, 0) is 22.6 Å². The molecule has 2 aromatic carbocycles. The lowest BCUT2D eigenvalue weighted by molar-refractivity contribution is -0.120. The fourth-order valence-electron chi connectivity index (χ4n) is 4.17. The van der Waals surface area contributed by atoms with Crippen LogP contribution in [-0.4, -0.2) is 30.4 Å².